The Morgan fingerprint density at radius 3 is 2.52 bits per heavy atom. The minimum atomic E-state index is -0.368. The average molecular weight is 365 g/mol. The maximum Gasteiger partial charge on any atom is 0.146 e. The van der Waals surface area contributed by atoms with Crippen molar-refractivity contribution in [2.75, 3.05) is 5.32 Å². The number of hydrogen-bond acceptors (Lipinski definition) is 1. The smallest absolute Gasteiger partial charge is 0.146 e. The molecule has 0 aliphatic rings. The predicted molar refractivity (Wildman–Crippen MR) is 90.4 cm³/mol. The first-order valence-electron chi connectivity index (χ1n) is 6.51. The Morgan fingerprint density at radius 2 is 1.71 bits per heavy atom. The van der Waals surface area contributed by atoms with E-state index in [0.29, 0.717) is 12.1 Å². The minimum Gasteiger partial charge on any atom is -0.380 e. The fourth-order valence-corrected chi connectivity index (χ4v) is 2.96. The van der Waals surface area contributed by atoms with E-state index in [0.717, 1.165) is 20.9 Å². The number of halogens is 3. The van der Waals surface area contributed by atoms with Crippen LogP contribution in [0.1, 0.15) is 5.56 Å². The number of anilines is 1. The SMILES string of the molecule is Fc1c(Cl)cccc1CNc1ccc(Br)c2ccccc12. The third-order valence-corrected chi connectivity index (χ3v) is 4.36. The van der Waals surface area contributed by atoms with Crippen molar-refractivity contribution in [3.8, 4) is 0 Å². The molecule has 0 saturated carbocycles. The largest absolute Gasteiger partial charge is 0.380 e. The highest BCUT2D eigenvalue weighted by Gasteiger charge is 2.07. The van der Waals surface area contributed by atoms with Gasteiger partial charge in [-0.3, -0.25) is 0 Å². The molecule has 0 aliphatic heterocycles. The van der Waals surface area contributed by atoms with Crippen LogP contribution >= 0.6 is 27.5 Å². The highest BCUT2D eigenvalue weighted by atomic mass is 79.9. The average Bonchev–Trinajstić information content (AvgIpc) is 2.51. The topological polar surface area (TPSA) is 12.0 Å². The molecule has 3 aromatic carbocycles. The third kappa shape index (κ3) is 2.89. The molecule has 0 unspecified atom stereocenters. The Kier molecular flexibility index (Phi) is 4.13. The number of nitrogens with one attached hydrogen (secondary N) is 1. The van der Waals surface area contributed by atoms with Crippen molar-refractivity contribution in [2.45, 2.75) is 6.54 Å². The van der Waals surface area contributed by atoms with Gasteiger partial charge in [-0.05, 0) is 23.6 Å². The summed E-state index contributed by atoms with van der Waals surface area (Å²) in [5.74, 6) is -0.368. The first-order valence-corrected chi connectivity index (χ1v) is 7.68. The molecule has 1 nitrogen and oxygen atoms in total. The van der Waals surface area contributed by atoms with Crippen molar-refractivity contribution in [3.63, 3.8) is 0 Å². The lowest BCUT2D eigenvalue weighted by Gasteiger charge is -2.12. The van der Waals surface area contributed by atoms with E-state index in [1.807, 2.05) is 36.4 Å². The molecule has 0 atom stereocenters. The number of fused-ring (bicyclic) bond motifs is 1. The second-order valence-corrected chi connectivity index (χ2v) is 5.97. The van der Waals surface area contributed by atoms with Crippen LogP contribution in [0.2, 0.25) is 5.02 Å². The van der Waals surface area contributed by atoms with Gasteiger partial charge in [-0.25, -0.2) is 4.39 Å². The van der Waals surface area contributed by atoms with E-state index in [2.05, 4.69) is 21.2 Å². The van der Waals surface area contributed by atoms with Crippen LogP contribution in [-0.2, 0) is 6.54 Å². The second kappa shape index (κ2) is 6.04. The quantitative estimate of drug-likeness (QED) is 0.600. The van der Waals surface area contributed by atoms with E-state index in [9.17, 15) is 4.39 Å². The van der Waals surface area contributed by atoms with E-state index in [-0.39, 0.29) is 10.8 Å². The van der Waals surface area contributed by atoms with Gasteiger partial charge in [0.05, 0.1) is 5.02 Å². The molecule has 0 aromatic heterocycles. The molecule has 3 rings (SSSR count). The molecular weight excluding hydrogens is 353 g/mol. The van der Waals surface area contributed by atoms with Crippen LogP contribution in [0, 0.1) is 5.82 Å². The van der Waals surface area contributed by atoms with Gasteiger partial charge in [-0.15, -0.1) is 0 Å². The molecule has 106 valence electrons. The van der Waals surface area contributed by atoms with Crippen LogP contribution in [0.5, 0.6) is 0 Å². The first-order chi connectivity index (χ1) is 10.2. The first kappa shape index (κ1) is 14.4. The van der Waals surface area contributed by atoms with Crippen LogP contribution in [0.4, 0.5) is 10.1 Å². The third-order valence-electron chi connectivity index (χ3n) is 3.37. The Balaban J connectivity index is 1.92. The van der Waals surface area contributed by atoms with Gasteiger partial charge in [0.2, 0.25) is 0 Å². The van der Waals surface area contributed by atoms with Crippen molar-refractivity contribution >= 4 is 44.0 Å². The highest BCUT2D eigenvalue weighted by molar-refractivity contribution is 9.10. The van der Waals surface area contributed by atoms with Crippen LogP contribution in [-0.4, -0.2) is 0 Å². The molecule has 0 spiro atoms. The maximum atomic E-state index is 13.9. The molecule has 0 fully saturated rings. The lowest BCUT2D eigenvalue weighted by molar-refractivity contribution is 0.613. The van der Waals surface area contributed by atoms with Crippen LogP contribution < -0.4 is 5.32 Å². The maximum absolute atomic E-state index is 13.9. The van der Waals surface area contributed by atoms with E-state index in [1.54, 1.807) is 18.2 Å². The zero-order chi connectivity index (χ0) is 14.8. The van der Waals surface area contributed by atoms with E-state index in [1.165, 1.54) is 0 Å². The molecule has 0 saturated heterocycles. The van der Waals surface area contributed by atoms with E-state index < -0.39 is 0 Å². The Morgan fingerprint density at radius 1 is 0.952 bits per heavy atom. The molecule has 4 heteroatoms. The number of rotatable bonds is 3. The monoisotopic (exact) mass is 363 g/mol. The molecule has 1 N–H and O–H groups in total. The van der Waals surface area contributed by atoms with E-state index >= 15 is 0 Å². The normalized spacial score (nSPS) is 10.8. The predicted octanol–water partition coefficient (Wildman–Crippen LogP) is 6.01. The standard InChI is InChI=1S/C17H12BrClFN/c18-14-8-9-16(13-6-2-1-5-12(13)14)21-10-11-4-3-7-15(19)17(11)20/h1-9,21H,10H2. The molecular formula is C17H12BrClFN. The van der Waals surface area contributed by atoms with Gasteiger partial charge < -0.3 is 5.32 Å². The highest BCUT2D eigenvalue weighted by Crippen LogP contribution is 2.30. The fraction of sp³-hybridized carbons (Fsp3) is 0.0588. The summed E-state index contributed by atoms with van der Waals surface area (Å²) in [4.78, 5) is 0. The van der Waals surface area contributed by atoms with Crippen molar-refractivity contribution in [1.82, 2.24) is 0 Å². The Hall–Kier alpha value is -1.58. The summed E-state index contributed by atoms with van der Waals surface area (Å²) in [6, 6.07) is 17.1. The zero-order valence-corrected chi connectivity index (χ0v) is 13.4. The Labute approximate surface area is 135 Å². The summed E-state index contributed by atoms with van der Waals surface area (Å²) < 4.78 is 14.9. The summed E-state index contributed by atoms with van der Waals surface area (Å²) in [5, 5.41) is 5.64. The molecule has 21 heavy (non-hydrogen) atoms. The zero-order valence-electron chi connectivity index (χ0n) is 11.0. The summed E-state index contributed by atoms with van der Waals surface area (Å²) in [7, 11) is 0. The lowest BCUT2D eigenvalue weighted by Crippen LogP contribution is -2.02. The second-order valence-electron chi connectivity index (χ2n) is 4.71. The van der Waals surface area contributed by atoms with Crippen molar-refractivity contribution in [2.24, 2.45) is 0 Å². The van der Waals surface area contributed by atoms with Gasteiger partial charge in [0.1, 0.15) is 5.82 Å². The van der Waals surface area contributed by atoms with Gasteiger partial charge in [0.25, 0.3) is 0 Å². The Bertz CT molecular complexity index is 804. The molecule has 0 amide bonds. The summed E-state index contributed by atoms with van der Waals surface area (Å²) in [5.41, 5.74) is 1.52. The van der Waals surface area contributed by atoms with Gasteiger partial charge in [0.15, 0.2) is 0 Å². The van der Waals surface area contributed by atoms with Gasteiger partial charge in [-0.2, -0.15) is 0 Å². The van der Waals surface area contributed by atoms with Gasteiger partial charge in [0, 0.05) is 27.7 Å². The summed E-state index contributed by atoms with van der Waals surface area (Å²) in [6.45, 7) is 0.387. The molecule has 0 bridgehead atoms. The van der Waals surface area contributed by atoms with Crippen LogP contribution in [0.15, 0.2) is 59.1 Å². The number of hydrogen-bond donors (Lipinski definition) is 1. The van der Waals surface area contributed by atoms with Crippen molar-refractivity contribution in [3.05, 3.63) is 75.5 Å². The molecule has 0 radical (unpaired) electrons. The molecule has 0 aliphatic carbocycles. The van der Waals surface area contributed by atoms with Gasteiger partial charge in [-0.1, -0.05) is 63.9 Å². The fourth-order valence-electron chi connectivity index (χ4n) is 2.29. The summed E-state index contributed by atoms with van der Waals surface area (Å²) in [6.07, 6.45) is 0. The van der Waals surface area contributed by atoms with Crippen LogP contribution in [0.25, 0.3) is 10.8 Å². The van der Waals surface area contributed by atoms with Gasteiger partial charge >= 0.3 is 0 Å². The molecule has 3 aromatic rings. The van der Waals surface area contributed by atoms with Crippen molar-refractivity contribution < 1.29 is 4.39 Å². The van der Waals surface area contributed by atoms with Crippen molar-refractivity contribution in [1.29, 1.82) is 0 Å². The van der Waals surface area contributed by atoms with Crippen LogP contribution in [0.3, 0.4) is 0 Å². The lowest BCUT2D eigenvalue weighted by atomic mass is 10.1. The number of benzene rings is 3. The van der Waals surface area contributed by atoms with E-state index in [4.69, 9.17) is 11.6 Å². The minimum absolute atomic E-state index is 0.148. The summed E-state index contributed by atoms with van der Waals surface area (Å²) >= 11 is 9.35. The molecule has 0 heterocycles.